The van der Waals surface area contributed by atoms with Gasteiger partial charge in [-0.05, 0) is 36.4 Å². The summed E-state index contributed by atoms with van der Waals surface area (Å²) in [6, 6.07) is 15.9. The van der Waals surface area contributed by atoms with Gasteiger partial charge < -0.3 is 19.9 Å². The maximum Gasteiger partial charge on any atom is 0.487 e. The van der Waals surface area contributed by atoms with Gasteiger partial charge in [0.25, 0.3) is 5.91 Å². The number of quaternary nitrogens is 1. The van der Waals surface area contributed by atoms with Gasteiger partial charge in [0.15, 0.2) is 6.54 Å². The van der Waals surface area contributed by atoms with E-state index in [1.54, 1.807) is 0 Å². The van der Waals surface area contributed by atoms with Crippen LogP contribution in [0.25, 0.3) is 0 Å². The third-order valence-electron chi connectivity index (χ3n) is 4.37. The molecule has 0 atom stereocenters. The van der Waals surface area contributed by atoms with Gasteiger partial charge >= 0.3 is 5.57 Å². The number of carbonyl (C=O) groups is 1. The SMILES string of the molecule is O=C(C[NH+]1CCN(c2ccccc2)CC1)Nc1ccc(OC(F)(F)Cl)cc1. The fourth-order valence-electron chi connectivity index (χ4n) is 3.07. The largest absolute Gasteiger partial charge is 0.487 e. The van der Waals surface area contributed by atoms with Crippen LogP contribution in [0.4, 0.5) is 20.2 Å². The van der Waals surface area contributed by atoms with Crippen LogP contribution in [0, 0.1) is 0 Å². The van der Waals surface area contributed by atoms with Crippen molar-refractivity contribution in [2.24, 2.45) is 0 Å². The van der Waals surface area contributed by atoms with E-state index in [-0.39, 0.29) is 11.7 Å². The van der Waals surface area contributed by atoms with Crippen LogP contribution in [0.2, 0.25) is 0 Å². The van der Waals surface area contributed by atoms with Crippen molar-refractivity contribution >= 4 is 28.9 Å². The molecule has 1 heterocycles. The molecule has 1 saturated heterocycles. The zero-order valence-electron chi connectivity index (χ0n) is 14.6. The fourth-order valence-corrected chi connectivity index (χ4v) is 3.16. The zero-order valence-corrected chi connectivity index (χ0v) is 15.4. The molecular weight excluding hydrogens is 376 g/mol. The molecule has 8 heteroatoms. The van der Waals surface area contributed by atoms with Crippen molar-refractivity contribution in [3.63, 3.8) is 0 Å². The van der Waals surface area contributed by atoms with E-state index in [9.17, 15) is 13.6 Å². The first-order valence-electron chi connectivity index (χ1n) is 8.68. The second-order valence-electron chi connectivity index (χ2n) is 6.37. The minimum absolute atomic E-state index is 0.0735. The molecule has 2 N–H and O–H groups in total. The Bertz CT molecular complexity index is 746. The number of amides is 1. The van der Waals surface area contributed by atoms with Crippen molar-refractivity contribution in [2.45, 2.75) is 5.57 Å². The molecule has 2 aromatic rings. The van der Waals surface area contributed by atoms with Crippen LogP contribution in [0.5, 0.6) is 5.75 Å². The van der Waals surface area contributed by atoms with E-state index in [0.29, 0.717) is 12.2 Å². The van der Waals surface area contributed by atoms with Gasteiger partial charge in [-0.2, -0.15) is 0 Å². The maximum atomic E-state index is 12.6. The first-order chi connectivity index (χ1) is 12.9. The van der Waals surface area contributed by atoms with Crippen LogP contribution in [0.3, 0.4) is 0 Å². The van der Waals surface area contributed by atoms with Crippen molar-refractivity contribution in [2.75, 3.05) is 42.9 Å². The number of alkyl halides is 3. The third kappa shape index (κ3) is 6.08. The topological polar surface area (TPSA) is 46.0 Å². The van der Waals surface area contributed by atoms with Gasteiger partial charge in [-0.1, -0.05) is 18.2 Å². The summed E-state index contributed by atoms with van der Waals surface area (Å²) < 4.78 is 29.4. The number of carbonyl (C=O) groups excluding carboxylic acids is 1. The first kappa shape index (κ1) is 19.4. The average molecular weight is 397 g/mol. The monoisotopic (exact) mass is 396 g/mol. The van der Waals surface area contributed by atoms with Gasteiger partial charge in [-0.25, -0.2) is 0 Å². The third-order valence-corrected chi connectivity index (χ3v) is 4.45. The molecule has 5 nitrogen and oxygen atoms in total. The summed E-state index contributed by atoms with van der Waals surface area (Å²) in [4.78, 5) is 15.7. The Kier molecular flexibility index (Phi) is 6.13. The summed E-state index contributed by atoms with van der Waals surface area (Å²) >= 11 is 4.72. The number of para-hydroxylation sites is 1. The van der Waals surface area contributed by atoms with Crippen LogP contribution < -0.4 is 19.9 Å². The quantitative estimate of drug-likeness (QED) is 0.736. The van der Waals surface area contributed by atoms with Crippen LogP contribution in [0.1, 0.15) is 0 Å². The van der Waals surface area contributed by atoms with Crippen LogP contribution in [0.15, 0.2) is 54.6 Å². The van der Waals surface area contributed by atoms with Gasteiger partial charge in [-0.3, -0.25) is 4.79 Å². The molecule has 1 fully saturated rings. The Hall–Kier alpha value is -2.38. The molecule has 0 spiro atoms. The number of hydrogen-bond acceptors (Lipinski definition) is 3. The predicted octanol–water partition coefficient (Wildman–Crippen LogP) is 2.20. The van der Waals surface area contributed by atoms with Crippen LogP contribution in [-0.4, -0.2) is 44.2 Å². The molecule has 0 unspecified atom stereocenters. The van der Waals surface area contributed by atoms with Gasteiger partial charge in [0.1, 0.15) is 5.75 Å². The molecule has 1 aliphatic heterocycles. The molecule has 0 aliphatic carbocycles. The highest BCUT2D eigenvalue weighted by Crippen LogP contribution is 2.25. The highest BCUT2D eigenvalue weighted by Gasteiger charge is 2.27. The smallest absolute Gasteiger partial charge is 0.420 e. The molecule has 0 saturated carbocycles. The maximum absolute atomic E-state index is 12.6. The molecule has 1 amide bonds. The Balaban J connectivity index is 1.45. The second-order valence-corrected chi connectivity index (χ2v) is 6.81. The van der Waals surface area contributed by atoms with E-state index in [4.69, 9.17) is 11.6 Å². The number of nitrogens with zero attached hydrogens (tertiary/aromatic N) is 1. The highest BCUT2D eigenvalue weighted by molar-refractivity contribution is 6.20. The molecule has 0 radical (unpaired) electrons. The standard InChI is InChI=1S/C19H20ClF2N3O2/c20-19(21,22)27-17-8-6-15(7-9-17)23-18(26)14-24-10-12-25(13-11-24)16-4-2-1-3-5-16/h1-9H,10-14H2,(H,23,26)/p+1. The Morgan fingerprint density at radius 1 is 1.11 bits per heavy atom. The summed E-state index contributed by atoms with van der Waals surface area (Å²) in [5.74, 6) is -0.190. The normalized spacial score (nSPS) is 15.4. The first-order valence-corrected chi connectivity index (χ1v) is 9.06. The van der Waals surface area contributed by atoms with Crippen LogP contribution in [-0.2, 0) is 4.79 Å². The molecule has 3 rings (SSSR count). The molecule has 27 heavy (non-hydrogen) atoms. The lowest BCUT2D eigenvalue weighted by atomic mass is 10.2. The van der Waals surface area contributed by atoms with E-state index in [1.807, 2.05) is 18.2 Å². The number of rotatable bonds is 6. The number of anilines is 2. The minimum atomic E-state index is -3.75. The van der Waals surface area contributed by atoms with E-state index in [0.717, 1.165) is 26.2 Å². The molecule has 2 aromatic carbocycles. The minimum Gasteiger partial charge on any atom is -0.420 e. The number of nitrogens with one attached hydrogen (secondary N) is 2. The zero-order chi connectivity index (χ0) is 19.3. The average Bonchev–Trinajstić information content (AvgIpc) is 2.63. The Morgan fingerprint density at radius 3 is 2.33 bits per heavy atom. The molecular formula is C19H21ClF2N3O2+. The molecule has 0 bridgehead atoms. The number of ether oxygens (including phenoxy) is 1. The van der Waals surface area contributed by atoms with Gasteiger partial charge in [0.05, 0.1) is 26.2 Å². The summed E-state index contributed by atoms with van der Waals surface area (Å²) in [5.41, 5.74) is -2.03. The lowest BCUT2D eigenvalue weighted by Gasteiger charge is -2.33. The summed E-state index contributed by atoms with van der Waals surface area (Å²) in [6.45, 7) is 3.90. The molecule has 144 valence electrons. The lowest BCUT2D eigenvalue weighted by Crippen LogP contribution is -3.15. The predicted molar refractivity (Wildman–Crippen MR) is 101 cm³/mol. The number of halogens is 3. The summed E-state index contributed by atoms with van der Waals surface area (Å²) in [6.07, 6.45) is 0. The van der Waals surface area contributed by atoms with Crippen molar-refractivity contribution in [1.29, 1.82) is 0 Å². The van der Waals surface area contributed by atoms with Crippen molar-refractivity contribution in [3.8, 4) is 5.75 Å². The summed E-state index contributed by atoms with van der Waals surface area (Å²) in [7, 11) is 0. The van der Waals surface area contributed by atoms with Crippen LogP contribution >= 0.6 is 11.6 Å². The van der Waals surface area contributed by atoms with Crippen molar-refractivity contribution in [3.05, 3.63) is 54.6 Å². The van der Waals surface area contributed by atoms with E-state index >= 15 is 0 Å². The highest BCUT2D eigenvalue weighted by atomic mass is 35.5. The Labute approximate surface area is 161 Å². The lowest BCUT2D eigenvalue weighted by molar-refractivity contribution is -0.892. The van der Waals surface area contributed by atoms with Crippen molar-refractivity contribution < 1.29 is 23.2 Å². The van der Waals surface area contributed by atoms with E-state index in [1.165, 1.54) is 34.9 Å². The van der Waals surface area contributed by atoms with Crippen molar-refractivity contribution in [1.82, 2.24) is 0 Å². The second kappa shape index (κ2) is 8.54. The molecule has 0 aromatic heterocycles. The van der Waals surface area contributed by atoms with Gasteiger partial charge in [0.2, 0.25) is 0 Å². The van der Waals surface area contributed by atoms with Gasteiger partial charge in [-0.15, -0.1) is 8.78 Å². The van der Waals surface area contributed by atoms with E-state index < -0.39 is 5.57 Å². The number of benzene rings is 2. The number of hydrogen-bond donors (Lipinski definition) is 2. The van der Waals surface area contributed by atoms with Gasteiger partial charge in [0, 0.05) is 23.0 Å². The number of piperazine rings is 1. The molecule has 1 aliphatic rings. The fraction of sp³-hybridized carbons (Fsp3) is 0.316. The Morgan fingerprint density at radius 2 is 1.74 bits per heavy atom. The van der Waals surface area contributed by atoms with E-state index in [2.05, 4.69) is 27.1 Å². The summed E-state index contributed by atoms with van der Waals surface area (Å²) in [5, 5.41) is 2.77.